The molecule has 0 amide bonds. The van der Waals surface area contributed by atoms with Gasteiger partial charge < -0.3 is 5.11 Å². The highest BCUT2D eigenvalue weighted by molar-refractivity contribution is 5.15. The van der Waals surface area contributed by atoms with Gasteiger partial charge in [0.1, 0.15) is 0 Å². The van der Waals surface area contributed by atoms with E-state index in [0.717, 1.165) is 19.6 Å². The van der Waals surface area contributed by atoms with Crippen molar-refractivity contribution in [1.82, 2.24) is 4.90 Å². The van der Waals surface area contributed by atoms with E-state index in [2.05, 4.69) is 43.0 Å². The summed E-state index contributed by atoms with van der Waals surface area (Å²) in [4.78, 5) is 2.36. The number of benzene rings is 1. The topological polar surface area (TPSA) is 23.5 Å². The molecule has 0 bridgehead atoms. The lowest BCUT2D eigenvalue weighted by molar-refractivity contribution is 0.0141. The van der Waals surface area contributed by atoms with Gasteiger partial charge in [0.15, 0.2) is 0 Å². The molecule has 0 spiro atoms. The fourth-order valence-electron chi connectivity index (χ4n) is 3.00. The van der Waals surface area contributed by atoms with Crippen molar-refractivity contribution >= 4 is 0 Å². The lowest BCUT2D eigenvalue weighted by Gasteiger charge is -2.27. The Morgan fingerprint density at radius 1 is 1.35 bits per heavy atom. The highest BCUT2D eigenvalue weighted by Gasteiger charge is 2.42. The zero-order valence-corrected chi connectivity index (χ0v) is 11.1. The fourth-order valence-corrected chi connectivity index (χ4v) is 3.00. The van der Waals surface area contributed by atoms with E-state index in [-0.39, 0.29) is 0 Å². The van der Waals surface area contributed by atoms with Crippen LogP contribution in [0.1, 0.15) is 26.3 Å². The molecular weight excluding hydrogens is 210 g/mol. The van der Waals surface area contributed by atoms with Crippen molar-refractivity contribution in [2.24, 2.45) is 11.8 Å². The monoisotopic (exact) mass is 233 g/mol. The number of nitrogens with zero attached hydrogens (tertiary/aromatic N) is 1. The number of likely N-dealkylation sites (tertiary alicyclic amines) is 1. The Bertz CT molecular complexity index is 358. The standard InChI is InChI=1S/C15H23NO/c1-12(2)14-10-16(11-15(14,3)17)9-13-7-5-4-6-8-13/h4-8,12,14,17H,9-11H2,1-3H3/t14?,15-/m1/s1. The van der Waals surface area contributed by atoms with E-state index in [1.54, 1.807) is 0 Å². The molecule has 1 N–H and O–H groups in total. The molecule has 0 aromatic heterocycles. The summed E-state index contributed by atoms with van der Waals surface area (Å²) in [5, 5.41) is 10.4. The van der Waals surface area contributed by atoms with Crippen LogP contribution < -0.4 is 0 Å². The lowest BCUT2D eigenvalue weighted by atomic mass is 9.84. The number of hydrogen-bond acceptors (Lipinski definition) is 2. The molecule has 1 aromatic rings. The first kappa shape index (κ1) is 12.6. The molecule has 1 aliphatic heterocycles. The van der Waals surface area contributed by atoms with Gasteiger partial charge in [-0.25, -0.2) is 0 Å². The molecule has 1 aliphatic rings. The Kier molecular flexibility index (Phi) is 3.55. The molecule has 2 rings (SSSR count). The van der Waals surface area contributed by atoms with Crippen LogP contribution in [-0.4, -0.2) is 28.7 Å². The fraction of sp³-hybridized carbons (Fsp3) is 0.600. The van der Waals surface area contributed by atoms with Crippen LogP contribution in [0.2, 0.25) is 0 Å². The zero-order valence-electron chi connectivity index (χ0n) is 11.1. The second-order valence-electron chi connectivity index (χ2n) is 5.86. The van der Waals surface area contributed by atoms with E-state index in [0.29, 0.717) is 11.8 Å². The third-order valence-corrected chi connectivity index (χ3v) is 3.85. The molecular formula is C15H23NO. The summed E-state index contributed by atoms with van der Waals surface area (Å²) < 4.78 is 0. The van der Waals surface area contributed by atoms with Crippen LogP contribution in [0, 0.1) is 11.8 Å². The van der Waals surface area contributed by atoms with Gasteiger partial charge in [0, 0.05) is 25.6 Å². The normalized spacial score (nSPS) is 30.1. The van der Waals surface area contributed by atoms with Crippen molar-refractivity contribution in [2.75, 3.05) is 13.1 Å². The van der Waals surface area contributed by atoms with E-state index in [9.17, 15) is 5.11 Å². The number of β-amino-alcohol motifs (C(OH)–C–C–N with tert-alkyl or cyclic N) is 1. The van der Waals surface area contributed by atoms with Crippen molar-refractivity contribution in [1.29, 1.82) is 0 Å². The summed E-state index contributed by atoms with van der Waals surface area (Å²) in [5.74, 6) is 0.914. The molecule has 2 nitrogen and oxygen atoms in total. The van der Waals surface area contributed by atoms with Gasteiger partial charge in [-0.05, 0) is 18.4 Å². The minimum absolute atomic E-state index is 0.381. The average Bonchev–Trinajstić information content (AvgIpc) is 2.55. The summed E-state index contributed by atoms with van der Waals surface area (Å²) in [6.07, 6.45) is 0. The van der Waals surface area contributed by atoms with E-state index >= 15 is 0 Å². The van der Waals surface area contributed by atoms with Crippen LogP contribution in [0.4, 0.5) is 0 Å². The van der Waals surface area contributed by atoms with E-state index in [4.69, 9.17) is 0 Å². The summed E-state index contributed by atoms with van der Waals surface area (Å²) in [6, 6.07) is 10.5. The first-order valence-corrected chi connectivity index (χ1v) is 6.48. The van der Waals surface area contributed by atoms with Crippen molar-refractivity contribution in [3.8, 4) is 0 Å². The maximum Gasteiger partial charge on any atom is 0.0788 e. The van der Waals surface area contributed by atoms with Gasteiger partial charge in [-0.2, -0.15) is 0 Å². The van der Waals surface area contributed by atoms with Crippen LogP contribution in [0.25, 0.3) is 0 Å². The molecule has 0 saturated carbocycles. The Hall–Kier alpha value is -0.860. The summed E-state index contributed by atoms with van der Waals surface area (Å²) in [6.45, 7) is 9.10. The predicted octanol–water partition coefficient (Wildman–Crippen LogP) is 2.53. The van der Waals surface area contributed by atoms with E-state index < -0.39 is 5.60 Å². The van der Waals surface area contributed by atoms with Crippen molar-refractivity contribution in [3.63, 3.8) is 0 Å². The molecule has 0 radical (unpaired) electrons. The Morgan fingerprint density at radius 3 is 2.53 bits per heavy atom. The van der Waals surface area contributed by atoms with E-state index in [1.807, 2.05) is 13.0 Å². The Morgan fingerprint density at radius 2 is 2.00 bits per heavy atom. The van der Waals surface area contributed by atoms with Gasteiger partial charge in [0.05, 0.1) is 5.60 Å². The Balaban J connectivity index is 2.02. The first-order valence-electron chi connectivity index (χ1n) is 6.48. The summed E-state index contributed by atoms with van der Waals surface area (Å²) in [5.41, 5.74) is 0.788. The molecule has 1 saturated heterocycles. The molecule has 94 valence electrons. The number of hydrogen-bond donors (Lipinski definition) is 1. The Labute approximate surface area is 104 Å². The van der Waals surface area contributed by atoms with Crippen LogP contribution >= 0.6 is 0 Å². The third kappa shape index (κ3) is 2.88. The molecule has 17 heavy (non-hydrogen) atoms. The molecule has 1 fully saturated rings. The molecule has 1 heterocycles. The SMILES string of the molecule is CC(C)C1CN(Cc2ccccc2)C[C@@]1(C)O. The van der Waals surface area contributed by atoms with Gasteiger partial charge in [-0.3, -0.25) is 4.90 Å². The summed E-state index contributed by atoms with van der Waals surface area (Å²) >= 11 is 0. The molecule has 1 unspecified atom stereocenters. The summed E-state index contributed by atoms with van der Waals surface area (Å²) in [7, 11) is 0. The third-order valence-electron chi connectivity index (χ3n) is 3.85. The van der Waals surface area contributed by atoms with Gasteiger partial charge in [0.25, 0.3) is 0 Å². The van der Waals surface area contributed by atoms with Crippen molar-refractivity contribution in [2.45, 2.75) is 32.9 Å². The predicted molar refractivity (Wildman–Crippen MR) is 70.7 cm³/mol. The van der Waals surface area contributed by atoms with Crippen LogP contribution in [0.3, 0.4) is 0 Å². The quantitative estimate of drug-likeness (QED) is 0.867. The minimum atomic E-state index is -0.539. The van der Waals surface area contributed by atoms with Gasteiger partial charge in [0.2, 0.25) is 0 Å². The van der Waals surface area contributed by atoms with Gasteiger partial charge in [-0.15, -0.1) is 0 Å². The van der Waals surface area contributed by atoms with Crippen molar-refractivity contribution in [3.05, 3.63) is 35.9 Å². The first-order chi connectivity index (χ1) is 7.99. The van der Waals surface area contributed by atoms with Crippen LogP contribution in [0.15, 0.2) is 30.3 Å². The number of rotatable bonds is 3. The number of aliphatic hydroxyl groups is 1. The largest absolute Gasteiger partial charge is 0.388 e. The smallest absolute Gasteiger partial charge is 0.0788 e. The van der Waals surface area contributed by atoms with E-state index in [1.165, 1.54) is 5.56 Å². The highest BCUT2D eigenvalue weighted by atomic mass is 16.3. The maximum atomic E-state index is 10.4. The maximum absolute atomic E-state index is 10.4. The minimum Gasteiger partial charge on any atom is -0.388 e. The van der Waals surface area contributed by atoms with Crippen LogP contribution in [0.5, 0.6) is 0 Å². The molecule has 2 atom stereocenters. The highest BCUT2D eigenvalue weighted by Crippen LogP contribution is 2.33. The van der Waals surface area contributed by atoms with Crippen molar-refractivity contribution < 1.29 is 5.11 Å². The van der Waals surface area contributed by atoms with Crippen LogP contribution in [-0.2, 0) is 6.54 Å². The van der Waals surface area contributed by atoms with Gasteiger partial charge in [-0.1, -0.05) is 44.2 Å². The lowest BCUT2D eigenvalue weighted by Crippen LogP contribution is -2.36. The molecule has 1 aromatic carbocycles. The second-order valence-corrected chi connectivity index (χ2v) is 5.86. The molecule has 2 heteroatoms. The zero-order chi connectivity index (χ0) is 12.5. The average molecular weight is 233 g/mol. The van der Waals surface area contributed by atoms with Gasteiger partial charge >= 0.3 is 0 Å². The molecule has 0 aliphatic carbocycles. The second kappa shape index (κ2) is 4.79.